The van der Waals surface area contributed by atoms with Crippen LogP contribution in [0, 0.1) is 0 Å². The summed E-state index contributed by atoms with van der Waals surface area (Å²) in [5.41, 5.74) is 0.368. The van der Waals surface area contributed by atoms with Gasteiger partial charge in [-0.3, -0.25) is 0 Å². The monoisotopic (exact) mass is 256 g/mol. The second-order valence-electron chi connectivity index (χ2n) is 5.82. The van der Waals surface area contributed by atoms with E-state index in [-0.39, 0.29) is 0 Å². The van der Waals surface area contributed by atoms with Crippen molar-refractivity contribution in [3.63, 3.8) is 0 Å². The van der Waals surface area contributed by atoms with Gasteiger partial charge < -0.3 is 15.0 Å². The Kier molecular flexibility index (Phi) is 7.20. The predicted octanol–water partition coefficient (Wildman–Crippen LogP) is 2.66. The van der Waals surface area contributed by atoms with Crippen LogP contribution in [0.25, 0.3) is 0 Å². The average Bonchev–Trinajstić information content (AvgIpc) is 2.38. The Morgan fingerprint density at radius 1 is 1.22 bits per heavy atom. The van der Waals surface area contributed by atoms with Gasteiger partial charge in [-0.15, -0.1) is 0 Å². The quantitative estimate of drug-likeness (QED) is 0.676. The van der Waals surface area contributed by atoms with Crippen LogP contribution in [0.15, 0.2) is 0 Å². The fourth-order valence-corrected chi connectivity index (χ4v) is 2.71. The summed E-state index contributed by atoms with van der Waals surface area (Å²) in [6.07, 6.45) is 5.29. The SMILES string of the molecule is CCC1(CC)CN(CCCCOC(C)C)CCN1. The topological polar surface area (TPSA) is 24.5 Å². The third-order valence-electron chi connectivity index (χ3n) is 4.13. The summed E-state index contributed by atoms with van der Waals surface area (Å²) in [5, 5.41) is 3.71. The highest BCUT2D eigenvalue weighted by atomic mass is 16.5. The highest BCUT2D eigenvalue weighted by Crippen LogP contribution is 2.20. The Hall–Kier alpha value is -0.120. The molecule has 0 radical (unpaired) electrons. The number of rotatable bonds is 8. The van der Waals surface area contributed by atoms with Gasteiger partial charge in [-0.25, -0.2) is 0 Å². The van der Waals surface area contributed by atoms with Crippen molar-refractivity contribution in [2.75, 3.05) is 32.8 Å². The molecule has 0 saturated carbocycles. The Morgan fingerprint density at radius 3 is 2.56 bits per heavy atom. The molecule has 0 bridgehead atoms. The Balaban J connectivity index is 2.18. The van der Waals surface area contributed by atoms with Crippen molar-refractivity contribution in [3.8, 4) is 0 Å². The van der Waals surface area contributed by atoms with Crippen LogP contribution in [0.2, 0.25) is 0 Å². The third kappa shape index (κ3) is 5.25. The highest BCUT2D eigenvalue weighted by Gasteiger charge is 2.31. The number of nitrogens with one attached hydrogen (secondary N) is 1. The normalized spacial score (nSPS) is 20.5. The van der Waals surface area contributed by atoms with E-state index in [1.165, 1.54) is 45.3 Å². The lowest BCUT2D eigenvalue weighted by Gasteiger charge is -2.43. The van der Waals surface area contributed by atoms with E-state index in [2.05, 4.69) is 37.9 Å². The number of piperazine rings is 1. The Bertz CT molecular complexity index is 215. The van der Waals surface area contributed by atoms with Crippen molar-refractivity contribution >= 4 is 0 Å². The van der Waals surface area contributed by atoms with E-state index in [9.17, 15) is 0 Å². The first-order valence-corrected chi connectivity index (χ1v) is 7.71. The Labute approximate surface area is 113 Å². The first-order chi connectivity index (χ1) is 8.62. The molecule has 18 heavy (non-hydrogen) atoms. The van der Waals surface area contributed by atoms with Gasteiger partial charge in [-0.2, -0.15) is 0 Å². The standard InChI is InChI=1S/C15H32N2O/c1-5-15(6-2)13-17(11-9-16-15)10-7-8-12-18-14(3)4/h14,16H,5-13H2,1-4H3. The van der Waals surface area contributed by atoms with E-state index in [0.717, 1.165) is 13.2 Å². The number of hydrogen-bond acceptors (Lipinski definition) is 3. The minimum Gasteiger partial charge on any atom is -0.379 e. The van der Waals surface area contributed by atoms with E-state index in [1.54, 1.807) is 0 Å². The maximum atomic E-state index is 5.58. The second-order valence-corrected chi connectivity index (χ2v) is 5.82. The van der Waals surface area contributed by atoms with Crippen molar-refractivity contribution in [3.05, 3.63) is 0 Å². The minimum atomic E-state index is 0.368. The van der Waals surface area contributed by atoms with Crippen molar-refractivity contribution < 1.29 is 4.74 Å². The lowest BCUT2D eigenvalue weighted by molar-refractivity contribution is 0.0708. The number of unbranched alkanes of at least 4 members (excludes halogenated alkanes) is 1. The summed E-state index contributed by atoms with van der Waals surface area (Å²) < 4.78 is 5.58. The molecule has 3 nitrogen and oxygen atoms in total. The van der Waals surface area contributed by atoms with Crippen LogP contribution in [0.3, 0.4) is 0 Å². The molecule has 0 atom stereocenters. The largest absolute Gasteiger partial charge is 0.379 e. The molecule has 0 aromatic heterocycles. The van der Waals surface area contributed by atoms with Crippen LogP contribution in [0.1, 0.15) is 53.4 Å². The van der Waals surface area contributed by atoms with Gasteiger partial charge in [0.25, 0.3) is 0 Å². The zero-order valence-electron chi connectivity index (χ0n) is 12.8. The van der Waals surface area contributed by atoms with E-state index in [4.69, 9.17) is 4.74 Å². The molecule has 1 aliphatic heterocycles. The molecule has 1 aliphatic rings. The molecule has 1 fully saturated rings. The van der Waals surface area contributed by atoms with Crippen LogP contribution in [-0.2, 0) is 4.74 Å². The summed E-state index contributed by atoms with van der Waals surface area (Å²) in [6.45, 7) is 14.5. The van der Waals surface area contributed by atoms with E-state index in [1.807, 2.05) is 0 Å². The zero-order valence-corrected chi connectivity index (χ0v) is 12.8. The molecule has 1 saturated heterocycles. The Morgan fingerprint density at radius 2 is 1.94 bits per heavy atom. The van der Waals surface area contributed by atoms with Gasteiger partial charge in [0.05, 0.1) is 6.10 Å². The van der Waals surface area contributed by atoms with E-state index in [0.29, 0.717) is 11.6 Å². The fraction of sp³-hybridized carbons (Fsp3) is 1.00. The van der Waals surface area contributed by atoms with E-state index >= 15 is 0 Å². The smallest absolute Gasteiger partial charge is 0.0518 e. The van der Waals surface area contributed by atoms with Gasteiger partial charge in [0.2, 0.25) is 0 Å². The molecule has 1 rings (SSSR count). The molecule has 3 heteroatoms. The van der Waals surface area contributed by atoms with Crippen LogP contribution in [0.4, 0.5) is 0 Å². The fourth-order valence-electron chi connectivity index (χ4n) is 2.71. The van der Waals surface area contributed by atoms with Gasteiger partial charge in [-0.05, 0) is 46.1 Å². The zero-order chi connectivity index (χ0) is 13.4. The second kappa shape index (κ2) is 8.13. The molecule has 0 amide bonds. The van der Waals surface area contributed by atoms with Crippen molar-refractivity contribution in [2.24, 2.45) is 0 Å². The summed E-state index contributed by atoms with van der Waals surface area (Å²) in [4.78, 5) is 2.62. The number of hydrogen-bond donors (Lipinski definition) is 1. The molecular formula is C15H32N2O. The molecular weight excluding hydrogens is 224 g/mol. The summed E-state index contributed by atoms with van der Waals surface area (Å²) in [6, 6.07) is 0. The van der Waals surface area contributed by atoms with Crippen LogP contribution >= 0.6 is 0 Å². The van der Waals surface area contributed by atoms with E-state index < -0.39 is 0 Å². The number of ether oxygens (including phenoxy) is 1. The molecule has 0 aliphatic carbocycles. The molecule has 1 heterocycles. The van der Waals surface area contributed by atoms with Crippen molar-refractivity contribution in [2.45, 2.75) is 65.0 Å². The lowest BCUT2D eigenvalue weighted by atomic mass is 9.90. The third-order valence-corrected chi connectivity index (χ3v) is 4.13. The van der Waals surface area contributed by atoms with Gasteiger partial charge in [0, 0.05) is 31.8 Å². The van der Waals surface area contributed by atoms with Crippen LogP contribution in [-0.4, -0.2) is 49.3 Å². The van der Waals surface area contributed by atoms with Gasteiger partial charge in [0.1, 0.15) is 0 Å². The molecule has 108 valence electrons. The highest BCUT2D eigenvalue weighted by molar-refractivity contribution is 4.92. The molecule has 0 unspecified atom stereocenters. The first kappa shape index (κ1) is 15.9. The molecule has 1 N–H and O–H groups in total. The molecule has 0 spiro atoms. The van der Waals surface area contributed by atoms with Gasteiger partial charge in [0.15, 0.2) is 0 Å². The van der Waals surface area contributed by atoms with Crippen molar-refractivity contribution in [1.82, 2.24) is 10.2 Å². The van der Waals surface area contributed by atoms with Crippen LogP contribution in [0.5, 0.6) is 0 Å². The lowest BCUT2D eigenvalue weighted by Crippen LogP contribution is -2.59. The van der Waals surface area contributed by atoms with Crippen LogP contribution < -0.4 is 5.32 Å². The minimum absolute atomic E-state index is 0.368. The van der Waals surface area contributed by atoms with Crippen molar-refractivity contribution in [1.29, 1.82) is 0 Å². The molecule has 0 aromatic carbocycles. The average molecular weight is 256 g/mol. The number of nitrogens with zero attached hydrogens (tertiary/aromatic N) is 1. The first-order valence-electron chi connectivity index (χ1n) is 7.71. The summed E-state index contributed by atoms with van der Waals surface area (Å²) in [7, 11) is 0. The summed E-state index contributed by atoms with van der Waals surface area (Å²) in [5.74, 6) is 0. The predicted molar refractivity (Wildman–Crippen MR) is 78.1 cm³/mol. The molecule has 0 aromatic rings. The maximum Gasteiger partial charge on any atom is 0.0518 e. The van der Waals surface area contributed by atoms with Gasteiger partial charge >= 0.3 is 0 Å². The maximum absolute atomic E-state index is 5.58. The van der Waals surface area contributed by atoms with Gasteiger partial charge in [-0.1, -0.05) is 13.8 Å². The summed E-state index contributed by atoms with van der Waals surface area (Å²) >= 11 is 0.